The van der Waals surface area contributed by atoms with E-state index in [0.717, 1.165) is 4.47 Å². The molecule has 3 N–H and O–H groups in total. The minimum absolute atomic E-state index is 0.0699. The van der Waals surface area contributed by atoms with Gasteiger partial charge in [0.25, 0.3) is 0 Å². The Morgan fingerprint density at radius 3 is 2.73 bits per heavy atom. The molecule has 1 rings (SSSR count). The van der Waals surface area contributed by atoms with Crippen LogP contribution in [0.5, 0.6) is 0 Å². The van der Waals surface area contributed by atoms with E-state index in [1.807, 2.05) is 0 Å². The Bertz CT molecular complexity index is 447. The Morgan fingerprint density at radius 2 is 2.20 bits per heavy atom. The van der Waals surface area contributed by atoms with Crippen molar-refractivity contribution in [2.45, 2.75) is 11.4 Å². The summed E-state index contributed by atoms with van der Waals surface area (Å²) < 4.78 is 28.1. The van der Waals surface area contributed by atoms with Gasteiger partial charge in [-0.25, -0.2) is 0 Å². The third-order valence-electron chi connectivity index (χ3n) is 1.72. The predicted octanol–water partition coefficient (Wildman–Crippen LogP) is 0.747. The molecule has 0 amide bonds. The standard InChI is InChI=1S/C8H11BrN2O3S/c1-11-14-15(12,13)7-2-3-8(9)6(4-7)5-10/h2-4,11H,5,10H2,1H3. The Labute approximate surface area is 96.8 Å². The summed E-state index contributed by atoms with van der Waals surface area (Å²) in [7, 11) is -2.37. The van der Waals surface area contributed by atoms with Crippen LogP contribution in [0.4, 0.5) is 0 Å². The lowest BCUT2D eigenvalue weighted by Crippen LogP contribution is -2.16. The molecule has 0 saturated carbocycles. The fourth-order valence-corrected chi connectivity index (χ4v) is 2.27. The van der Waals surface area contributed by atoms with Gasteiger partial charge in [-0.3, -0.25) is 0 Å². The summed E-state index contributed by atoms with van der Waals surface area (Å²) in [4.78, 5) is 0.0699. The first-order chi connectivity index (χ1) is 7.01. The quantitative estimate of drug-likeness (QED) is 0.801. The minimum atomic E-state index is -3.75. The molecule has 0 aliphatic rings. The molecule has 0 aromatic heterocycles. The average Bonchev–Trinajstić information content (AvgIpc) is 2.18. The van der Waals surface area contributed by atoms with Crippen molar-refractivity contribution in [3.63, 3.8) is 0 Å². The third kappa shape index (κ3) is 2.99. The first kappa shape index (κ1) is 12.6. The number of nitrogens with two attached hydrogens (primary N) is 1. The molecule has 0 radical (unpaired) electrons. The van der Waals surface area contributed by atoms with Gasteiger partial charge < -0.3 is 5.73 Å². The number of hydrogen-bond donors (Lipinski definition) is 2. The topological polar surface area (TPSA) is 81.4 Å². The Hall–Kier alpha value is -0.470. The van der Waals surface area contributed by atoms with Crippen molar-refractivity contribution < 1.29 is 12.7 Å². The summed E-state index contributed by atoms with van der Waals surface area (Å²) in [5, 5.41) is 0. The molecule has 0 heterocycles. The van der Waals surface area contributed by atoms with Crippen LogP contribution in [0.2, 0.25) is 0 Å². The van der Waals surface area contributed by atoms with E-state index < -0.39 is 10.1 Å². The van der Waals surface area contributed by atoms with Crippen LogP contribution in [-0.4, -0.2) is 15.5 Å². The molecule has 0 unspecified atom stereocenters. The molecule has 84 valence electrons. The van der Waals surface area contributed by atoms with Gasteiger partial charge in [0.1, 0.15) is 0 Å². The normalized spacial score (nSPS) is 11.7. The molecule has 0 aliphatic heterocycles. The zero-order valence-corrected chi connectivity index (χ0v) is 10.4. The zero-order chi connectivity index (χ0) is 11.5. The molecule has 0 saturated heterocycles. The van der Waals surface area contributed by atoms with E-state index in [9.17, 15) is 8.42 Å². The van der Waals surface area contributed by atoms with Crippen LogP contribution >= 0.6 is 15.9 Å². The molecule has 5 nitrogen and oxygen atoms in total. The van der Waals surface area contributed by atoms with Gasteiger partial charge in [-0.05, 0) is 23.8 Å². The zero-order valence-electron chi connectivity index (χ0n) is 8.03. The number of halogens is 1. The molecule has 0 atom stereocenters. The molecule has 1 aromatic rings. The predicted molar refractivity (Wildman–Crippen MR) is 59.4 cm³/mol. The number of hydroxylamine groups is 1. The maximum atomic E-state index is 11.5. The van der Waals surface area contributed by atoms with E-state index in [2.05, 4.69) is 25.7 Å². The largest absolute Gasteiger partial charge is 0.326 e. The van der Waals surface area contributed by atoms with Gasteiger partial charge in [-0.1, -0.05) is 15.9 Å². The Morgan fingerprint density at radius 1 is 1.53 bits per heavy atom. The van der Waals surface area contributed by atoms with Crippen LogP contribution in [0.25, 0.3) is 0 Å². The van der Waals surface area contributed by atoms with Gasteiger partial charge in [0.05, 0.1) is 4.90 Å². The summed E-state index contributed by atoms with van der Waals surface area (Å²) >= 11 is 3.27. The average molecular weight is 295 g/mol. The highest BCUT2D eigenvalue weighted by atomic mass is 79.9. The second-order valence-electron chi connectivity index (χ2n) is 2.70. The molecule has 0 aliphatic carbocycles. The molecular formula is C8H11BrN2O3S. The monoisotopic (exact) mass is 294 g/mol. The van der Waals surface area contributed by atoms with E-state index in [0.29, 0.717) is 5.56 Å². The van der Waals surface area contributed by atoms with Crippen LogP contribution in [0, 0.1) is 0 Å². The van der Waals surface area contributed by atoms with Crippen LogP contribution in [0.3, 0.4) is 0 Å². The molecule has 15 heavy (non-hydrogen) atoms. The molecule has 0 spiro atoms. The lowest BCUT2D eigenvalue weighted by Gasteiger charge is -2.06. The number of benzene rings is 1. The van der Waals surface area contributed by atoms with Crippen molar-refractivity contribution in [3.05, 3.63) is 28.2 Å². The van der Waals surface area contributed by atoms with Crippen LogP contribution in [0.1, 0.15) is 5.56 Å². The molecular weight excluding hydrogens is 284 g/mol. The number of hydrogen-bond acceptors (Lipinski definition) is 5. The first-order valence-electron chi connectivity index (χ1n) is 4.10. The highest BCUT2D eigenvalue weighted by Gasteiger charge is 2.15. The second-order valence-corrected chi connectivity index (χ2v) is 5.10. The maximum Gasteiger partial charge on any atom is 0.312 e. The number of nitrogens with one attached hydrogen (secondary N) is 1. The number of rotatable bonds is 4. The van der Waals surface area contributed by atoms with E-state index in [1.54, 1.807) is 6.07 Å². The van der Waals surface area contributed by atoms with Crippen molar-refractivity contribution in [1.82, 2.24) is 5.48 Å². The molecule has 0 fully saturated rings. The van der Waals surface area contributed by atoms with Gasteiger partial charge >= 0.3 is 10.1 Å². The van der Waals surface area contributed by atoms with Gasteiger partial charge in [0.2, 0.25) is 0 Å². The highest BCUT2D eigenvalue weighted by molar-refractivity contribution is 9.10. The smallest absolute Gasteiger partial charge is 0.312 e. The van der Waals surface area contributed by atoms with E-state index in [-0.39, 0.29) is 11.4 Å². The van der Waals surface area contributed by atoms with Gasteiger partial charge in [0.15, 0.2) is 0 Å². The fourth-order valence-electron chi connectivity index (χ4n) is 1.02. The van der Waals surface area contributed by atoms with Crippen LogP contribution in [0.15, 0.2) is 27.6 Å². The highest BCUT2D eigenvalue weighted by Crippen LogP contribution is 2.21. The second kappa shape index (κ2) is 5.04. The van der Waals surface area contributed by atoms with Crippen LogP contribution in [-0.2, 0) is 20.9 Å². The SMILES string of the molecule is CNOS(=O)(=O)c1ccc(Br)c(CN)c1. The van der Waals surface area contributed by atoms with Gasteiger partial charge in [-0.15, -0.1) is 0 Å². The van der Waals surface area contributed by atoms with Crippen LogP contribution < -0.4 is 11.2 Å². The minimum Gasteiger partial charge on any atom is -0.326 e. The van der Waals surface area contributed by atoms with E-state index in [4.69, 9.17) is 5.73 Å². The summed E-state index contributed by atoms with van der Waals surface area (Å²) in [5.41, 5.74) is 8.29. The van der Waals surface area contributed by atoms with E-state index >= 15 is 0 Å². The third-order valence-corrected chi connectivity index (χ3v) is 3.71. The van der Waals surface area contributed by atoms with Crippen molar-refractivity contribution in [3.8, 4) is 0 Å². The summed E-state index contributed by atoms with van der Waals surface area (Å²) in [6.07, 6.45) is 0. The van der Waals surface area contributed by atoms with Crippen molar-refractivity contribution >= 4 is 26.0 Å². The molecule has 1 aromatic carbocycles. The van der Waals surface area contributed by atoms with Gasteiger partial charge in [-0.2, -0.15) is 18.2 Å². The summed E-state index contributed by atoms with van der Waals surface area (Å²) in [6.45, 7) is 0.253. The summed E-state index contributed by atoms with van der Waals surface area (Å²) in [5.74, 6) is 0. The lowest BCUT2D eigenvalue weighted by atomic mass is 10.2. The Kier molecular flexibility index (Phi) is 4.23. The van der Waals surface area contributed by atoms with Crippen molar-refractivity contribution in [1.29, 1.82) is 0 Å². The van der Waals surface area contributed by atoms with E-state index in [1.165, 1.54) is 19.2 Å². The first-order valence-corrected chi connectivity index (χ1v) is 6.30. The molecule has 0 bridgehead atoms. The van der Waals surface area contributed by atoms with Crippen molar-refractivity contribution in [2.24, 2.45) is 5.73 Å². The lowest BCUT2D eigenvalue weighted by molar-refractivity contribution is 0.231. The Balaban J connectivity index is 3.17. The fraction of sp³-hybridized carbons (Fsp3) is 0.250. The summed E-state index contributed by atoms with van der Waals surface area (Å²) in [6, 6.07) is 4.53. The maximum absolute atomic E-state index is 11.5. The van der Waals surface area contributed by atoms with Gasteiger partial charge in [0, 0.05) is 18.1 Å². The molecule has 7 heteroatoms. The van der Waals surface area contributed by atoms with Crippen molar-refractivity contribution in [2.75, 3.05) is 7.05 Å².